The smallest absolute Gasteiger partial charge is 0.251 e. The fourth-order valence-corrected chi connectivity index (χ4v) is 13.1. The van der Waals surface area contributed by atoms with Crippen LogP contribution in [0.1, 0.15) is 429 Å². The molecule has 0 aromatic heterocycles. The number of aryl methyl sites for hydroxylation is 2. The third kappa shape index (κ3) is 46.3. The standard InChI is InChI=1S/C93H148N2.Pd/c1-10-19-28-34-40-46-47-48-49-50-56-62-70-79-91(94-85-81-80-83(71-63-25-16-7)84(82-85)72-64-26-17-8)92(78-27-18-9)95-93-89(76-68-60-54-44-38-32-23-14-5)87(74-66-58-52-42-36-30-21-12-3)86(73-65-57-51-41-35-29-20-11-2)88(75-67-59-53-43-37-31-22-13-4)90(93)77-69-61-55-45-39-33-24-15-6;/h70,79-82H,10-50,56,62-69,71-78H2,1-9H3;/q;+2/b79-70+,94-91+,95-92+;. The molecule has 0 bridgehead atoms. The van der Waals surface area contributed by atoms with Crippen LogP contribution in [-0.4, -0.2) is 11.4 Å². The van der Waals surface area contributed by atoms with E-state index < -0.39 is 0 Å². The van der Waals surface area contributed by atoms with E-state index in [2.05, 4.69) is 152 Å². The molecule has 0 aliphatic rings. The second-order valence-electron chi connectivity index (χ2n) is 27.8. The monoisotopic (exact) mass is 1400 g/mol. The zero-order valence-electron chi connectivity index (χ0n) is 64.6. The van der Waals surface area contributed by atoms with Crippen LogP contribution in [0.25, 0.3) is 0 Å². The second kappa shape index (κ2) is 68.1. The van der Waals surface area contributed by atoms with Gasteiger partial charge in [0.05, 0.1) is 22.8 Å². The molecule has 0 spiro atoms. The van der Waals surface area contributed by atoms with Crippen LogP contribution in [0, 0.1) is 59.2 Å². The Balaban J connectivity index is 0.0000461. The first-order chi connectivity index (χ1) is 47.0. The van der Waals surface area contributed by atoms with Crippen molar-refractivity contribution >= 4 is 22.8 Å². The summed E-state index contributed by atoms with van der Waals surface area (Å²) in [4.78, 5) is 12.2. The van der Waals surface area contributed by atoms with Crippen molar-refractivity contribution in [3.8, 4) is 59.2 Å². The van der Waals surface area contributed by atoms with Crippen LogP contribution in [0.15, 0.2) is 40.3 Å². The van der Waals surface area contributed by atoms with Gasteiger partial charge in [-0.3, -0.25) is 4.99 Å². The molecule has 0 amide bonds. The average Bonchev–Trinajstić information content (AvgIpc) is 0.768. The van der Waals surface area contributed by atoms with E-state index in [9.17, 15) is 0 Å². The molecule has 0 fully saturated rings. The molecule has 2 aromatic carbocycles. The summed E-state index contributed by atoms with van der Waals surface area (Å²) in [7, 11) is 0. The quantitative estimate of drug-likeness (QED) is 0.0273. The van der Waals surface area contributed by atoms with E-state index in [4.69, 9.17) is 9.98 Å². The topological polar surface area (TPSA) is 24.7 Å². The van der Waals surface area contributed by atoms with E-state index in [1.807, 2.05) is 0 Å². The third-order valence-electron chi connectivity index (χ3n) is 19.0. The molecule has 0 aliphatic carbocycles. The Labute approximate surface area is 612 Å². The molecule has 0 unspecified atom stereocenters. The average molecular weight is 1400 g/mol. The maximum absolute atomic E-state index is 6.34. The zero-order chi connectivity index (χ0) is 68.4. The summed E-state index contributed by atoms with van der Waals surface area (Å²) in [6.45, 7) is 20.8. The van der Waals surface area contributed by atoms with Gasteiger partial charge >= 0.3 is 20.4 Å². The molecule has 0 saturated heterocycles. The van der Waals surface area contributed by atoms with Crippen LogP contribution in [0.3, 0.4) is 0 Å². The normalized spacial score (nSPS) is 11.3. The Hall–Kier alpha value is -4.02. The van der Waals surface area contributed by atoms with Crippen LogP contribution >= 0.6 is 0 Å². The molecule has 0 saturated carbocycles. The Bertz CT molecular complexity index is 2540. The maximum Gasteiger partial charge on any atom is 2.00 e. The molecular weight excluding hydrogens is 1250 g/mol. The van der Waals surface area contributed by atoms with Gasteiger partial charge in [-0.05, 0) is 173 Å². The molecule has 0 radical (unpaired) electrons. The van der Waals surface area contributed by atoms with Crippen LogP contribution in [-0.2, 0) is 65.4 Å². The van der Waals surface area contributed by atoms with E-state index in [1.54, 1.807) is 0 Å². The minimum atomic E-state index is 0. The third-order valence-corrected chi connectivity index (χ3v) is 19.0. The Kier molecular flexibility index (Phi) is 63.9. The molecular formula is C93H148N2Pd+2. The minimum Gasteiger partial charge on any atom is -0.251 e. The van der Waals surface area contributed by atoms with Gasteiger partial charge in [-0.25, -0.2) is 4.99 Å². The largest absolute Gasteiger partial charge is 2.00 e. The fraction of sp³-hybridized carbons (Fsp3) is 0.720. The van der Waals surface area contributed by atoms with Gasteiger partial charge in [0.1, 0.15) is 0 Å². The number of aliphatic imine (C=N–C) groups is 2. The first-order valence-electron chi connectivity index (χ1n) is 41.4. The van der Waals surface area contributed by atoms with Crippen molar-refractivity contribution < 1.29 is 20.4 Å². The Morgan fingerprint density at radius 3 is 0.969 bits per heavy atom. The number of benzene rings is 2. The van der Waals surface area contributed by atoms with E-state index in [0.29, 0.717) is 0 Å². The van der Waals surface area contributed by atoms with Gasteiger partial charge in [0.15, 0.2) is 0 Å². The van der Waals surface area contributed by atoms with Crippen LogP contribution in [0.2, 0.25) is 0 Å². The molecule has 0 heterocycles. The first-order valence-corrected chi connectivity index (χ1v) is 41.4. The summed E-state index contributed by atoms with van der Waals surface area (Å²) in [5, 5.41) is 0. The molecule has 0 aliphatic heterocycles. The number of allylic oxidation sites excluding steroid dienone is 2. The summed E-state index contributed by atoms with van der Waals surface area (Å²) in [6.07, 6.45) is 72.1. The summed E-state index contributed by atoms with van der Waals surface area (Å²) >= 11 is 0. The predicted octanol–water partition coefficient (Wildman–Crippen LogP) is 29.0. The molecule has 2 aromatic rings. The predicted molar refractivity (Wildman–Crippen MR) is 428 cm³/mol. The minimum absolute atomic E-state index is 0. The summed E-state index contributed by atoms with van der Waals surface area (Å²) in [6, 6.07) is 7.25. The van der Waals surface area contributed by atoms with Crippen molar-refractivity contribution in [1.82, 2.24) is 0 Å². The van der Waals surface area contributed by atoms with Gasteiger partial charge in [0.2, 0.25) is 0 Å². The van der Waals surface area contributed by atoms with Gasteiger partial charge in [0.25, 0.3) is 0 Å². The molecule has 0 N–H and O–H groups in total. The van der Waals surface area contributed by atoms with Gasteiger partial charge < -0.3 is 0 Å². The number of hydrogen-bond donors (Lipinski definition) is 0. The molecule has 3 heteroatoms. The molecule has 96 heavy (non-hydrogen) atoms. The number of hydrogen-bond acceptors (Lipinski definition) is 2. The van der Waals surface area contributed by atoms with Gasteiger partial charge in [-0.2, -0.15) is 0 Å². The molecule has 2 nitrogen and oxygen atoms in total. The number of nitrogens with zero attached hydrogens (tertiary/aromatic N) is 2. The van der Waals surface area contributed by atoms with E-state index in [0.717, 1.165) is 152 Å². The number of unbranched alkanes of at least 4 members (excludes halogenated alkanes) is 36. The van der Waals surface area contributed by atoms with Gasteiger partial charge in [0, 0.05) is 64.2 Å². The summed E-state index contributed by atoms with van der Waals surface area (Å²) < 4.78 is 0. The molecule has 0 atom stereocenters. The van der Waals surface area contributed by atoms with Crippen LogP contribution in [0.4, 0.5) is 11.4 Å². The van der Waals surface area contributed by atoms with Crippen molar-refractivity contribution in [3.05, 3.63) is 69.3 Å². The summed E-state index contributed by atoms with van der Waals surface area (Å²) in [5.41, 5.74) is 14.7. The molecule has 538 valence electrons. The first kappa shape index (κ1) is 90.0. The van der Waals surface area contributed by atoms with Crippen molar-refractivity contribution in [2.45, 2.75) is 435 Å². The van der Waals surface area contributed by atoms with Gasteiger partial charge in [-0.15, -0.1) is 59.2 Å². The van der Waals surface area contributed by atoms with Crippen LogP contribution in [0.5, 0.6) is 0 Å². The summed E-state index contributed by atoms with van der Waals surface area (Å²) in [5.74, 6) is 37.2. The van der Waals surface area contributed by atoms with Crippen molar-refractivity contribution in [2.24, 2.45) is 9.98 Å². The van der Waals surface area contributed by atoms with Gasteiger partial charge in [-0.1, -0.05) is 267 Å². The van der Waals surface area contributed by atoms with E-state index >= 15 is 0 Å². The van der Waals surface area contributed by atoms with E-state index in [-0.39, 0.29) is 20.4 Å². The van der Waals surface area contributed by atoms with Crippen molar-refractivity contribution in [1.29, 1.82) is 0 Å². The SMILES string of the molecule is CCCCCCC#CCCc1c(CCC#CCCCCCC)c(CCC#CCCCCCC)c(/N=C(CCCC)/C(/C=C/CCCCCCCCCCCCC)=N/c2ccc(CCCCC)c(CCCCC)c2)c(CCC#CCCCCCC)c1CCC#CCCCCCC.[Pd+2]. The van der Waals surface area contributed by atoms with Crippen LogP contribution < -0.4 is 0 Å². The number of rotatable bonds is 57. The maximum atomic E-state index is 6.34. The zero-order valence-corrected chi connectivity index (χ0v) is 66.2. The van der Waals surface area contributed by atoms with E-state index in [1.165, 1.54) is 282 Å². The van der Waals surface area contributed by atoms with Crippen molar-refractivity contribution in [2.75, 3.05) is 0 Å². The Morgan fingerprint density at radius 1 is 0.292 bits per heavy atom. The molecule has 2 rings (SSSR count). The fourth-order valence-electron chi connectivity index (χ4n) is 13.1. The van der Waals surface area contributed by atoms with Crippen molar-refractivity contribution in [3.63, 3.8) is 0 Å². The second-order valence-corrected chi connectivity index (χ2v) is 27.8. The Morgan fingerprint density at radius 2 is 0.594 bits per heavy atom.